The average molecular weight is 356 g/mol. The number of rotatable bonds is 6. The summed E-state index contributed by atoms with van der Waals surface area (Å²) in [6, 6.07) is 8.28. The van der Waals surface area contributed by atoms with Gasteiger partial charge >= 0.3 is 5.97 Å². The van der Waals surface area contributed by atoms with Crippen LogP contribution < -0.4 is 0 Å². The molecule has 25 heavy (non-hydrogen) atoms. The summed E-state index contributed by atoms with van der Waals surface area (Å²) in [4.78, 5) is 16.2. The molecule has 0 atom stereocenters. The average Bonchev–Trinajstić information content (AvgIpc) is 3.19. The molecule has 0 amide bonds. The highest BCUT2D eigenvalue weighted by molar-refractivity contribution is 8.04. The lowest BCUT2D eigenvalue weighted by atomic mass is 10.1. The third kappa shape index (κ3) is 3.61. The van der Waals surface area contributed by atoms with Crippen molar-refractivity contribution in [2.45, 2.75) is 38.4 Å². The number of benzene rings is 1. The fraction of sp³-hybridized carbons (Fsp3) is 0.278. The first kappa shape index (κ1) is 17.3. The van der Waals surface area contributed by atoms with Crippen LogP contribution in [0, 0.1) is 0 Å². The topological polar surface area (TPSA) is 83.8 Å². The van der Waals surface area contributed by atoms with Crippen LogP contribution in [0.4, 0.5) is 0 Å². The number of carbonyl (C=O) groups is 1. The van der Waals surface area contributed by atoms with Gasteiger partial charge in [0.25, 0.3) is 0 Å². The van der Waals surface area contributed by atoms with Crippen molar-refractivity contribution < 1.29 is 9.90 Å². The zero-order chi connectivity index (χ0) is 18.0. The Morgan fingerprint density at radius 3 is 2.80 bits per heavy atom. The second-order valence-corrected chi connectivity index (χ2v) is 6.95. The van der Waals surface area contributed by atoms with E-state index in [9.17, 15) is 9.90 Å². The predicted octanol–water partition coefficient (Wildman–Crippen LogP) is 4.12. The lowest BCUT2D eigenvalue weighted by molar-refractivity contribution is -0.131. The molecule has 0 bridgehead atoms. The van der Waals surface area contributed by atoms with Gasteiger partial charge in [0.2, 0.25) is 5.16 Å². The molecule has 1 aromatic carbocycles. The molecule has 3 aromatic rings. The molecule has 0 aliphatic heterocycles. The van der Waals surface area contributed by atoms with Crippen LogP contribution in [-0.2, 0) is 11.2 Å². The van der Waals surface area contributed by atoms with E-state index in [1.165, 1.54) is 0 Å². The first-order valence-electron chi connectivity index (χ1n) is 8.13. The van der Waals surface area contributed by atoms with Gasteiger partial charge < -0.3 is 9.67 Å². The largest absolute Gasteiger partial charge is 0.477 e. The number of hydrogen-bond donors (Lipinski definition) is 2. The second kappa shape index (κ2) is 7.14. The van der Waals surface area contributed by atoms with Crippen molar-refractivity contribution in [3.63, 3.8) is 0 Å². The number of aromatic amines is 1. The van der Waals surface area contributed by atoms with Gasteiger partial charge in [-0.2, -0.15) is 0 Å². The highest BCUT2D eigenvalue weighted by Crippen LogP contribution is 2.30. The summed E-state index contributed by atoms with van der Waals surface area (Å²) in [6.45, 7) is 6.17. The first-order chi connectivity index (χ1) is 12.0. The normalized spacial score (nSPS) is 12.2. The number of hydrogen-bond acceptors (Lipinski definition) is 4. The summed E-state index contributed by atoms with van der Waals surface area (Å²) in [5.74, 6) is -0.252. The van der Waals surface area contributed by atoms with Crippen LogP contribution >= 0.6 is 11.8 Å². The minimum Gasteiger partial charge on any atom is -0.477 e. The van der Waals surface area contributed by atoms with Crippen LogP contribution in [0.1, 0.15) is 38.2 Å². The smallest absolute Gasteiger partial charge is 0.342 e. The van der Waals surface area contributed by atoms with Crippen molar-refractivity contribution >= 4 is 34.7 Å². The van der Waals surface area contributed by atoms with E-state index in [1.54, 1.807) is 6.08 Å². The monoisotopic (exact) mass is 356 g/mol. The van der Waals surface area contributed by atoms with Crippen LogP contribution in [0.15, 0.2) is 40.5 Å². The Kier molecular flexibility index (Phi) is 4.94. The maximum absolute atomic E-state index is 11.7. The molecule has 0 spiro atoms. The zero-order valence-corrected chi connectivity index (χ0v) is 15.2. The van der Waals surface area contributed by atoms with Gasteiger partial charge in [-0.25, -0.2) is 9.78 Å². The van der Waals surface area contributed by atoms with Crippen LogP contribution in [0.2, 0.25) is 0 Å². The van der Waals surface area contributed by atoms with Crippen molar-refractivity contribution in [1.82, 2.24) is 19.7 Å². The molecular weight excluding hydrogens is 336 g/mol. The van der Waals surface area contributed by atoms with E-state index in [4.69, 9.17) is 0 Å². The molecule has 0 saturated heterocycles. The van der Waals surface area contributed by atoms with Crippen molar-refractivity contribution in [2.24, 2.45) is 0 Å². The fourth-order valence-electron chi connectivity index (χ4n) is 2.63. The van der Waals surface area contributed by atoms with Crippen molar-refractivity contribution in [3.8, 4) is 0 Å². The molecule has 7 heteroatoms. The van der Waals surface area contributed by atoms with Crippen molar-refractivity contribution in [2.75, 3.05) is 0 Å². The molecule has 2 N–H and O–H groups in total. The highest BCUT2D eigenvalue weighted by atomic mass is 32.2. The molecule has 0 radical (unpaired) electrons. The number of aromatic nitrogens is 4. The van der Waals surface area contributed by atoms with E-state index >= 15 is 0 Å². The molecule has 130 valence electrons. The number of nitrogens with one attached hydrogen (secondary N) is 1. The maximum Gasteiger partial charge on any atom is 0.342 e. The Morgan fingerprint density at radius 2 is 2.16 bits per heavy atom. The number of carboxylic acids is 1. The molecule has 0 aliphatic carbocycles. The van der Waals surface area contributed by atoms with Gasteiger partial charge in [-0.1, -0.05) is 25.1 Å². The predicted molar refractivity (Wildman–Crippen MR) is 99.6 cm³/mol. The Balaban J connectivity index is 2.03. The summed E-state index contributed by atoms with van der Waals surface area (Å²) < 4.78 is 2.15. The maximum atomic E-state index is 11.7. The summed E-state index contributed by atoms with van der Waals surface area (Å²) in [5, 5.41) is 17.9. The molecule has 3 rings (SSSR count). The Bertz CT molecular complexity index is 940. The van der Waals surface area contributed by atoms with Crippen molar-refractivity contribution in [1.29, 1.82) is 0 Å². The molecule has 0 unspecified atom stereocenters. The van der Waals surface area contributed by atoms with Gasteiger partial charge in [-0.3, -0.25) is 5.10 Å². The van der Waals surface area contributed by atoms with Crippen LogP contribution in [-0.4, -0.2) is 30.8 Å². The number of fused-ring (bicyclic) bond motifs is 1. The third-order valence-electron chi connectivity index (χ3n) is 3.87. The fourth-order valence-corrected chi connectivity index (χ4v) is 3.35. The molecule has 2 heterocycles. The highest BCUT2D eigenvalue weighted by Gasteiger charge is 2.16. The number of aliphatic carboxylic acids is 1. The van der Waals surface area contributed by atoms with Crippen molar-refractivity contribution in [3.05, 3.63) is 46.8 Å². The van der Waals surface area contributed by atoms with E-state index in [1.807, 2.05) is 37.4 Å². The first-order valence-corrected chi connectivity index (χ1v) is 8.95. The van der Waals surface area contributed by atoms with Crippen LogP contribution in [0.3, 0.4) is 0 Å². The van der Waals surface area contributed by atoms with E-state index in [2.05, 4.69) is 33.6 Å². The Morgan fingerprint density at radius 1 is 1.40 bits per heavy atom. The van der Waals surface area contributed by atoms with Gasteiger partial charge in [-0.15, -0.1) is 5.10 Å². The Labute approximate surface area is 150 Å². The van der Waals surface area contributed by atoms with E-state index < -0.39 is 5.97 Å². The SMILES string of the molecule is CCc1nc(S/C(=C\c2cn(C(C)C)c3ccccc23)C(=O)O)n[nH]1. The van der Waals surface area contributed by atoms with E-state index in [-0.39, 0.29) is 10.9 Å². The van der Waals surface area contributed by atoms with Gasteiger partial charge in [0.05, 0.1) is 0 Å². The number of thioether (sulfide) groups is 1. The lowest BCUT2D eigenvalue weighted by Gasteiger charge is -2.08. The summed E-state index contributed by atoms with van der Waals surface area (Å²) in [5.41, 5.74) is 1.96. The molecule has 6 nitrogen and oxygen atoms in total. The van der Waals surface area contributed by atoms with Gasteiger partial charge in [0.1, 0.15) is 10.7 Å². The second-order valence-electron chi connectivity index (χ2n) is 5.94. The molecule has 0 saturated carbocycles. The summed E-state index contributed by atoms with van der Waals surface area (Å²) in [7, 11) is 0. The number of para-hydroxylation sites is 1. The van der Waals surface area contributed by atoms with E-state index in [0.717, 1.165) is 40.5 Å². The molecule has 2 aromatic heterocycles. The number of aryl methyl sites for hydroxylation is 1. The molecule has 0 fully saturated rings. The van der Waals surface area contributed by atoms with Crippen LogP contribution in [0.25, 0.3) is 17.0 Å². The third-order valence-corrected chi connectivity index (χ3v) is 4.75. The summed E-state index contributed by atoms with van der Waals surface area (Å²) >= 11 is 1.05. The van der Waals surface area contributed by atoms with Gasteiger partial charge in [0.15, 0.2) is 0 Å². The van der Waals surface area contributed by atoms with E-state index in [0.29, 0.717) is 5.16 Å². The number of nitrogens with zero attached hydrogens (tertiary/aromatic N) is 3. The lowest BCUT2D eigenvalue weighted by Crippen LogP contribution is -1.98. The van der Waals surface area contributed by atoms with Gasteiger partial charge in [0, 0.05) is 35.1 Å². The molecular formula is C18H20N4O2S. The number of H-pyrrole nitrogens is 1. The van der Waals surface area contributed by atoms with Crippen LogP contribution in [0.5, 0.6) is 0 Å². The van der Waals surface area contributed by atoms with Gasteiger partial charge in [-0.05, 0) is 37.8 Å². The minimum absolute atomic E-state index is 0.188. The minimum atomic E-state index is -0.991. The number of carboxylic acid groups (broad SMARTS) is 1. The standard InChI is InChI=1S/C18H20N4O2S/c1-4-16-19-18(21-20-16)25-15(17(23)24)9-12-10-22(11(2)3)14-8-6-5-7-13(12)14/h5-11H,4H2,1-3H3,(H,23,24)(H,19,20,21)/b15-9-. The quantitative estimate of drug-likeness (QED) is 0.513. The Hall–Kier alpha value is -2.54. The zero-order valence-electron chi connectivity index (χ0n) is 14.4. The molecule has 0 aliphatic rings. The summed E-state index contributed by atoms with van der Waals surface area (Å²) in [6.07, 6.45) is 4.41.